The van der Waals surface area contributed by atoms with Crippen LogP contribution in [0, 0.1) is 0 Å². The van der Waals surface area contributed by atoms with E-state index in [0.29, 0.717) is 6.42 Å². The van der Waals surface area contributed by atoms with Crippen LogP contribution in [0.2, 0.25) is 0 Å². The molecule has 1 N–H and O–H groups in total. The number of amides is 1. The van der Waals surface area contributed by atoms with Crippen LogP contribution < -0.4 is 5.43 Å². The van der Waals surface area contributed by atoms with Crippen LogP contribution in [0.25, 0.3) is 0 Å². The van der Waals surface area contributed by atoms with E-state index in [9.17, 15) is 4.79 Å². The molecule has 0 saturated heterocycles. The molecule has 0 atom stereocenters. The first-order valence-corrected chi connectivity index (χ1v) is 4.61. The van der Waals surface area contributed by atoms with Crippen LogP contribution in [0.5, 0.6) is 0 Å². The van der Waals surface area contributed by atoms with Gasteiger partial charge in [-0.1, -0.05) is 26.7 Å². The zero-order valence-electron chi connectivity index (χ0n) is 7.97. The van der Waals surface area contributed by atoms with Crippen molar-refractivity contribution >= 4 is 12.1 Å². The van der Waals surface area contributed by atoms with Crippen LogP contribution in [0.3, 0.4) is 0 Å². The molecule has 0 aromatic heterocycles. The lowest BCUT2D eigenvalue weighted by atomic mass is 10.2. The number of rotatable bonds is 6. The standard InChI is InChI=1S/C9H18N2O/c1-3-5-7-9(12)11-10-8-6-4-2/h8H,3-7H2,1-2H3,(H,11,12). The fourth-order valence-electron chi connectivity index (χ4n) is 0.705. The molecule has 0 aliphatic carbocycles. The molecule has 0 aliphatic rings. The third-order valence-electron chi connectivity index (χ3n) is 1.46. The lowest BCUT2D eigenvalue weighted by Gasteiger charge is -1.96. The van der Waals surface area contributed by atoms with Gasteiger partial charge in [0.25, 0.3) is 0 Å². The fourth-order valence-corrected chi connectivity index (χ4v) is 0.705. The quantitative estimate of drug-likeness (QED) is 0.481. The number of carbonyl (C=O) groups is 1. The highest BCUT2D eigenvalue weighted by atomic mass is 16.2. The van der Waals surface area contributed by atoms with Gasteiger partial charge < -0.3 is 0 Å². The summed E-state index contributed by atoms with van der Waals surface area (Å²) in [5.41, 5.74) is 2.48. The smallest absolute Gasteiger partial charge is 0.240 e. The molecule has 0 unspecified atom stereocenters. The second-order valence-electron chi connectivity index (χ2n) is 2.74. The minimum absolute atomic E-state index is 0.0178. The maximum atomic E-state index is 10.9. The summed E-state index contributed by atoms with van der Waals surface area (Å²) in [6.07, 6.45) is 6.30. The van der Waals surface area contributed by atoms with Crippen molar-refractivity contribution < 1.29 is 4.79 Å². The first-order valence-electron chi connectivity index (χ1n) is 4.61. The van der Waals surface area contributed by atoms with Crippen molar-refractivity contribution in [2.24, 2.45) is 5.10 Å². The minimum Gasteiger partial charge on any atom is -0.273 e. The Balaban J connectivity index is 3.30. The summed E-state index contributed by atoms with van der Waals surface area (Å²) in [5, 5.41) is 3.79. The van der Waals surface area contributed by atoms with Gasteiger partial charge in [-0.25, -0.2) is 5.43 Å². The maximum absolute atomic E-state index is 10.9. The number of hydrazone groups is 1. The van der Waals surface area contributed by atoms with Gasteiger partial charge in [0.1, 0.15) is 0 Å². The predicted molar refractivity (Wildman–Crippen MR) is 51.1 cm³/mol. The Hall–Kier alpha value is -0.860. The lowest BCUT2D eigenvalue weighted by molar-refractivity contribution is -0.121. The third kappa shape index (κ3) is 7.25. The molecule has 0 radical (unpaired) electrons. The predicted octanol–water partition coefficient (Wildman–Crippen LogP) is 2.08. The molecule has 0 saturated carbocycles. The van der Waals surface area contributed by atoms with E-state index in [0.717, 1.165) is 25.7 Å². The van der Waals surface area contributed by atoms with E-state index < -0.39 is 0 Å². The Morgan fingerprint density at radius 3 is 2.75 bits per heavy atom. The molecule has 0 spiro atoms. The average Bonchev–Trinajstić information content (AvgIpc) is 2.09. The van der Waals surface area contributed by atoms with Gasteiger partial charge in [-0.15, -0.1) is 0 Å². The molecule has 0 aromatic rings. The van der Waals surface area contributed by atoms with Gasteiger partial charge in [0.15, 0.2) is 0 Å². The summed E-state index contributed by atoms with van der Waals surface area (Å²) in [4.78, 5) is 10.9. The summed E-state index contributed by atoms with van der Waals surface area (Å²) in [7, 11) is 0. The number of unbranched alkanes of at least 4 members (excludes halogenated alkanes) is 2. The molecule has 0 aliphatic heterocycles. The Morgan fingerprint density at radius 1 is 1.42 bits per heavy atom. The van der Waals surface area contributed by atoms with Crippen molar-refractivity contribution in [2.45, 2.75) is 46.0 Å². The molecule has 0 rings (SSSR count). The van der Waals surface area contributed by atoms with E-state index in [1.807, 2.05) is 0 Å². The van der Waals surface area contributed by atoms with Gasteiger partial charge in [-0.3, -0.25) is 4.79 Å². The highest BCUT2D eigenvalue weighted by molar-refractivity contribution is 5.76. The summed E-state index contributed by atoms with van der Waals surface area (Å²) >= 11 is 0. The molecule has 3 heteroatoms. The highest BCUT2D eigenvalue weighted by Gasteiger charge is 1.95. The monoisotopic (exact) mass is 170 g/mol. The largest absolute Gasteiger partial charge is 0.273 e. The van der Waals surface area contributed by atoms with E-state index >= 15 is 0 Å². The van der Waals surface area contributed by atoms with Gasteiger partial charge in [0.2, 0.25) is 5.91 Å². The van der Waals surface area contributed by atoms with Crippen molar-refractivity contribution in [2.75, 3.05) is 0 Å². The second kappa shape index (κ2) is 8.24. The number of carbonyl (C=O) groups excluding carboxylic acids is 1. The maximum Gasteiger partial charge on any atom is 0.240 e. The first-order chi connectivity index (χ1) is 5.81. The SMILES string of the molecule is CCCC=NNC(=O)CCCC. The Morgan fingerprint density at radius 2 is 2.17 bits per heavy atom. The molecular weight excluding hydrogens is 152 g/mol. The highest BCUT2D eigenvalue weighted by Crippen LogP contribution is 1.92. The number of hydrogen-bond donors (Lipinski definition) is 1. The van der Waals surface area contributed by atoms with Crippen LogP contribution >= 0.6 is 0 Å². The van der Waals surface area contributed by atoms with Gasteiger partial charge in [0, 0.05) is 12.6 Å². The molecular formula is C9H18N2O. The summed E-state index contributed by atoms with van der Waals surface area (Å²) in [6.45, 7) is 4.14. The molecule has 0 bridgehead atoms. The molecule has 3 nitrogen and oxygen atoms in total. The Labute approximate surface area is 74.2 Å². The van der Waals surface area contributed by atoms with E-state index in [-0.39, 0.29) is 5.91 Å². The van der Waals surface area contributed by atoms with Crippen LogP contribution in [0.1, 0.15) is 46.0 Å². The van der Waals surface area contributed by atoms with Gasteiger partial charge in [-0.05, 0) is 12.8 Å². The van der Waals surface area contributed by atoms with Crippen molar-refractivity contribution in [3.63, 3.8) is 0 Å². The molecule has 12 heavy (non-hydrogen) atoms. The fraction of sp³-hybridized carbons (Fsp3) is 0.778. The third-order valence-corrected chi connectivity index (χ3v) is 1.46. The summed E-state index contributed by atoms with van der Waals surface area (Å²) in [5.74, 6) is 0.0178. The van der Waals surface area contributed by atoms with Crippen LogP contribution in [-0.2, 0) is 4.79 Å². The van der Waals surface area contributed by atoms with Crippen molar-refractivity contribution in [3.8, 4) is 0 Å². The second-order valence-corrected chi connectivity index (χ2v) is 2.74. The van der Waals surface area contributed by atoms with Crippen molar-refractivity contribution in [1.29, 1.82) is 0 Å². The van der Waals surface area contributed by atoms with E-state index in [1.165, 1.54) is 0 Å². The van der Waals surface area contributed by atoms with Crippen LogP contribution in [-0.4, -0.2) is 12.1 Å². The first kappa shape index (κ1) is 11.1. The van der Waals surface area contributed by atoms with Crippen LogP contribution in [0.15, 0.2) is 5.10 Å². The minimum atomic E-state index is 0.0178. The van der Waals surface area contributed by atoms with Crippen molar-refractivity contribution in [1.82, 2.24) is 5.43 Å². The molecule has 0 fully saturated rings. The van der Waals surface area contributed by atoms with Gasteiger partial charge in [0.05, 0.1) is 0 Å². The lowest BCUT2D eigenvalue weighted by Crippen LogP contribution is -2.16. The Kier molecular flexibility index (Phi) is 7.65. The summed E-state index contributed by atoms with van der Waals surface area (Å²) in [6, 6.07) is 0. The zero-order chi connectivity index (χ0) is 9.23. The molecule has 70 valence electrons. The average molecular weight is 170 g/mol. The molecule has 0 heterocycles. The zero-order valence-corrected chi connectivity index (χ0v) is 7.97. The topological polar surface area (TPSA) is 41.5 Å². The number of nitrogens with zero attached hydrogens (tertiary/aromatic N) is 1. The van der Waals surface area contributed by atoms with Gasteiger partial charge >= 0.3 is 0 Å². The normalized spacial score (nSPS) is 10.5. The molecule has 1 amide bonds. The molecule has 0 aromatic carbocycles. The number of hydrogen-bond acceptors (Lipinski definition) is 2. The number of nitrogens with one attached hydrogen (secondary N) is 1. The van der Waals surface area contributed by atoms with E-state index in [1.54, 1.807) is 6.21 Å². The summed E-state index contributed by atoms with van der Waals surface area (Å²) < 4.78 is 0. The van der Waals surface area contributed by atoms with Gasteiger partial charge in [-0.2, -0.15) is 5.10 Å². The van der Waals surface area contributed by atoms with E-state index in [4.69, 9.17) is 0 Å². The van der Waals surface area contributed by atoms with Crippen molar-refractivity contribution in [3.05, 3.63) is 0 Å². The van der Waals surface area contributed by atoms with Crippen LogP contribution in [0.4, 0.5) is 0 Å². The van der Waals surface area contributed by atoms with E-state index in [2.05, 4.69) is 24.4 Å². The Bertz CT molecular complexity index is 143.